The monoisotopic (exact) mass is 427 g/mol. The predicted molar refractivity (Wildman–Crippen MR) is 115 cm³/mol. The topological polar surface area (TPSA) is 86.8 Å². The molecule has 158 valence electrons. The highest BCUT2D eigenvalue weighted by molar-refractivity contribution is 7.08. The van der Waals surface area contributed by atoms with E-state index in [1.54, 1.807) is 22.9 Å². The first-order chi connectivity index (χ1) is 14.4. The molecule has 7 nitrogen and oxygen atoms in total. The van der Waals surface area contributed by atoms with E-state index < -0.39 is 12.1 Å². The second-order valence-electron chi connectivity index (χ2n) is 7.24. The third-order valence-electron chi connectivity index (χ3n) is 5.53. The quantitative estimate of drug-likeness (QED) is 0.532. The fourth-order valence-electron chi connectivity index (χ4n) is 4.03. The van der Waals surface area contributed by atoms with Gasteiger partial charge in [0.2, 0.25) is 5.91 Å². The number of likely N-dealkylation sites (tertiary alicyclic amines) is 2. The normalized spacial score (nSPS) is 21.9. The molecular weight excluding hydrogens is 402 g/mol. The molecule has 2 saturated heterocycles. The van der Waals surface area contributed by atoms with Gasteiger partial charge in [-0.15, -0.1) is 0 Å². The van der Waals surface area contributed by atoms with Crippen LogP contribution in [-0.2, 0) is 14.4 Å². The minimum absolute atomic E-state index is 0.0433. The zero-order chi connectivity index (χ0) is 21.8. The summed E-state index contributed by atoms with van der Waals surface area (Å²) in [5, 5.41) is 6.28. The number of rotatable bonds is 7. The minimum Gasteiger partial charge on any atom is -0.340 e. The Morgan fingerprint density at radius 1 is 1.33 bits per heavy atom. The van der Waals surface area contributed by atoms with Crippen molar-refractivity contribution in [3.05, 3.63) is 59.3 Å². The van der Waals surface area contributed by atoms with Gasteiger partial charge in [0, 0.05) is 17.5 Å². The van der Waals surface area contributed by atoms with Crippen molar-refractivity contribution in [1.29, 1.82) is 0 Å². The Balaban J connectivity index is 1.74. The summed E-state index contributed by atoms with van der Waals surface area (Å²) in [5.74, 6) is -1.06. The number of carbonyl (C=O) groups excluding carboxylic acids is 4. The zero-order valence-electron chi connectivity index (χ0n) is 16.9. The Kier molecular flexibility index (Phi) is 6.66. The second kappa shape index (κ2) is 9.21. The van der Waals surface area contributed by atoms with E-state index in [2.05, 4.69) is 18.5 Å². The van der Waals surface area contributed by atoms with Crippen LogP contribution in [0.25, 0.3) is 0 Å². The number of hydrogen-bond donors (Lipinski definition) is 1. The lowest BCUT2D eigenvalue weighted by Crippen LogP contribution is -2.52. The molecule has 2 aliphatic rings. The van der Waals surface area contributed by atoms with Crippen molar-refractivity contribution >= 4 is 34.8 Å². The van der Waals surface area contributed by atoms with Crippen molar-refractivity contribution in [3.8, 4) is 0 Å². The molecule has 0 aliphatic carbocycles. The molecule has 0 aromatic carbocycles. The van der Waals surface area contributed by atoms with Crippen molar-refractivity contribution in [2.75, 3.05) is 13.1 Å². The molecule has 30 heavy (non-hydrogen) atoms. The molecule has 2 unspecified atom stereocenters. The minimum atomic E-state index is -0.724. The predicted octanol–water partition coefficient (Wildman–Crippen LogP) is 1.94. The fraction of sp³-hybridized carbons (Fsp3) is 0.364. The Labute approximate surface area is 179 Å². The van der Waals surface area contributed by atoms with E-state index in [0.29, 0.717) is 30.5 Å². The summed E-state index contributed by atoms with van der Waals surface area (Å²) in [6.45, 7) is 9.38. The lowest BCUT2D eigenvalue weighted by Gasteiger charge is -2.28. The van der Waals surface area contributed by atoms with Gasteiger partial charge in [-0.3, -0.25) is 19.2 Å². The Morgan fingerprint density at radius 2 is 2.10 bits per heavy atom. The largest absolute Gasteiger partial charge is 0.340 e. The van der Waals surface area contributed by atoms with E-state index in [4.69, 9.17) is 0 Å². The van der Waals surface area contributed by atoms with Gasteiger partial charge in [-0.25, -0.2) is 0 Å². The number of carbonyl (C=O) groups is 4. The fourth-order valence-corrected chi connectivity index (χ4v) is 4.67. The van der Waals surface area contributed by atoms with Crippen molar-refractivity contribution in [2.45, 2.75) is 37.9 Å². The second-order valence-corrected chi connectivity index (χ2v) is 8.02. The zero-order valence-corrected chi connectivity index (χ0v) is 17.7. The van der Waals surface area contributed by atoms with Crippen molar-refractivity contribution in [2.24, 2.45) is 0 Å². The first kappa shape index (κ1) is 21.7. The van der Waals surface area contributed by atoms with E-state index in [1.807, 2.05) is 6.92 Å². The highest BCUT2D eigenvalue weighted by Gasteiger charge is 2.52. The maximum Gasteiger partial charge on any atom is 0.254 e. The van der Waals surface area contributed by atoms with Crippen LogP contribution >= 0.6 is 11.3 Å². The highest BCUT2D eigenvalue weighted by Crippen LogP contribution is 2.31. The first-order valence-corrected chi connectivity index (χ1v) is 10.8. The van der Waals surface area contributed by atoms with Gasteiger partial charge < -0.3 is 15.1 Å². The van der Waals surface area contributed by atoms with Crippen LogP contribution in [0.15, 0.2) is 53.8 Å². The van der Waals surface area contributed by atoms with Gasteiger partial charge in [0.1, 0.15) is 12.1 Å². The summed E-state index contributed by atoms with van der Waals surface area (Å²) >= 11 is 1.40. The van der Waals surface area contributed by atoms with Crippen molar-refractivity contribution in [1.82, 2.24) is 15.1 Å². The lowest BCUT2D eigenvalue weighted by molar-refractivity contribution is -0.138. The van der Waals surface area contributed by atoms with E-state index in [-0.39, 0.29) is 36.1 Å². The smallest absolute Gasteiger partial charge is 0.254 e. The number of Topliss-reactive ketones (excluding diaryl/α,β-unsaturated/α-hetero) is 1. The van der Waals surface area contributed by atoms with Crippen LogP contribution in [-0.4, -0.2) is 64.5 Å². The number of thiophene rings is 1. The van der Waals surface area contributed by atoms with Crippen LogP contribution in [0, 0.1) is 0 Å². The molecule has 0 spiro atoms. The van der Waals surface area contributed by atoms with E-state index >= 15 is 0 Å². The standard InChI is InChI=1S/C22H25N3O4S/c1-4-7-14(5-2)21(28)25-12-18(26)19-17(25)8-10-24(19)22(29)16(6-3)23-20(27)15-9-11-30-13-15/h4-5,7,9,11,13,16-17,19H,1-2,6,8,10,12H2,3H3,(H,23,27)/b14-7+/t16?,17-,19?/m1/s1. The lowest BCUT2D eigenvalue weighted by atomic mass is 10.1. The number of ketones is 1. The van der Waals surface area contributed by atoms with Gasteiger partial charge in [-0.1, -0.05) is 38.3 Å². The first-order valence-electron chi connectivity index (χ1n) is 9.85. The number of nitrogens with one attached hydrogen (secondary N) is 1. The molecule has 1 aromatic rings. The van der Waals surface area contributed by atoms with Gasteiger partial charge in [0.25, 0.3) is 11.8 Å². The van der Waals surface area contributed by atoms with Gasteiger partial charge in [-0.2, -0.15) is 11.3 Å². The molecule has 3 rings (SSSR count). The van der Waals surface area contributed by atoms with Crippen LogP contribution < -0.4 is 5.32 Å². The van der Waals surface area contributed by atoms with Crippen LogP contribution in [0.5, 0.6) is 0 Å². The molecule has 2 aliphatic heterocycles. The molecule has 1 aromatic heterocycles. The van der Waals surface area contributed by atoms with Gasteiger partial charge in [0.05, 0.1) is 18.2 Å². The maximum absolute atomic E-state index is 13.2. The Bertz CT molecular complexity index is 905. The van der Waals surface area contributed by atoms with Gasteiger partial charge in [-0.05, 0) is 24.3 Å². The van der Waals surface area contributed by atoms with Crippen LogP contribution in [0.1, 0.15) is 30.1 Å². The van der Waals surface area contributed by atoms with Gasteiger partial charge in [0.15, 0.2) is 5.78 Å². The van der Waals surface area contributed by atoms with Crippen LogP contribution in [0.3, 0.4) is 0 Å². The summed E-state index contributed by atoms with van der Waals surface area (Å²) < 4.78 is 0. The van der Waals surface area contributed by atoms with E-state index in [1.165, 1.54) is 33.3 Å². The summed E-state index contributed by atoms with van der Waals surface area (Å²) in [7, 11) is 0. The third-order valence-corrected chi connectivity index (χ3v) is 6.21. The SMILES string of the molecule is C=C/C=C(\C=C)C(=O)N1CC(=O)C2[C@H]1CCN2C(=O)C(CC)NC(=O)c1ccsc1. The molecule has 8 heteroatoms. The van der Waals surface area contributed by atoms with E-state index in [9.17, 15) is 19.2 Å². The molecular formula is C22H25N3O4S. The van der Waals surface area contributed by atoms with Gasteiger partial charge >= 0.3 is 0 Å². The van der Waals surface area contributed by atoms with Crippen LogP contribution in [0.4, 0.5) is 0 Å². The number of amides is 3. The molecule has 0 saturated carbocycles. The number of nitrogens with zero attached hydrogens (tertiary/aromatic N) is 2. The molecule has 2 fully saturated rings. The van der Waals surface area contributed by atoms with Crippen molar-refractivity contribution in [3.63, 3.8) is 0 Å². The molecule has 3 heterocycles. The third kappa shape index (κ3) is 4.00. The Hall–Kier alpha value is -3.00. The molecule has 0 radical (unpaired) electrons. The summed E-state index contributed by atoms with van der Waals surface area (Å²) in [4.78, 5) is 54.1. The number of hydrogen-bond acceptors (Lipinski definition) is 5. The molecule has 3 atom stereocenters. The van der Waals surface area contributed by atoms with E-state index in [0.717, 1.165) is 0 Å². The average Bonchev–Trinajstić information content (AvgIpc) is 3.47. The molecule has 3 amide bonds. The molecule has 1 N–H and O–H groups in total. The maximum atomic E-state index is 13.2. The summed E-state index contributed by atoms with van der Waals surface area (Å²) in [6, 6.07) is -0.0743. The van der Waals surface area contributed by atoms with Crippen LogP contribution in [0.2, 0.25) is 0 Å². The summed E-state index contributed by atoms with van der Waals surface area (Å²) in [5.41, 5.74) is 0.864. The Morgan fingerprint density at radius 3 is 2.70 bits per heavy atom. The highest BCUT2D eigenvalue weighted by atomic mass is 32.1. The summed E-state index contributed by atoms with van der Waals surface area (Å²) in [6.07, 6.45) is 5.41. The number of fused-ring (bicyclic) bond motifs is 1. The van der Waals surface area contributed by atoms with Crippen molar-refractivity contribution < 1.29 is 19.2 Å². The molecule has 0 bridgehead atoms. The number of allylic oxidation sites excluding steroid dienone is 2. The average molecular weight is 428 g/mol.